The van der Waals surface area contributed by atoms with Crippen LogP contribution < -0.4 is 5.32 Å². The molecule has 6 heteroatoms. The van der Waals surface area contributed by atoms with Crippen LogP contribution in [0.15, 0.2) is 0 Å². The number of amides is 2. The molecular weight excluding hydrogens is 258 g/mol. The smallest absolute Gasteiger partial charge is 0.251 e. The molecule has 20 heavy (non-hydrogen) atoms. The minimum absolute atomic E-state index is 0.0545. The highest BCUT2D eigenvalue weighted by molar-refractivity contribution is 5.81. The summed E-state index contributed by atoms with van der Waals surface area (Å²) in [6.45, 7) is 7.91. The summed E-state index contributed by atoms with van der Waals surface area (Å²) >= 11 is 0. The largest absolute Gasteiger partial charge is 0.368 e. The quantitative estimate of drug-likeness (QED) is 0.778. The van der Waals surface area contributed by atoms with Gasteiger partial charge in [0.1, 0.15) is 6.10 Å². The van der Waals surface area contributed by atoms with Gasteiger partial charge in [-0.15, -0.1) is 0 Å². The Morgan fingerprint density at radius 1 is 1.25 bits per heavy atom. The van der Waals surface area contributed by atoms with Crippen molar-refractivity contribution in [2.75, 3.05) is 39.3 Å². The molecule has 6 nitrogen and oxygen atoms in total. The molecule has 0 saturated carbocycles. The molecule has 0 radical (unpaired) electrons. The highest BCUT2D eigenvalue weighted by atomic mass is 16.5. The fraction of sp³-hybridized carbons (Fsp3) is 0.857. The first-order valence-corrected chi connectivity index (χ1v) is 7.48. The van der Waals surface area contributed by atoms with E-state index in [1.165, 1.54) is 0 Å². The molecule has 0 spiro atoms. The standard InChI is InChI=1S/C14H25N3O3/c1-11(2)15-13(18)10-16-5-7-17(8-6-16)14(19)12-4-3-9-20-12/h11-12H,3-10H2,1-2H3,(H,15,18). The molecule has 0 aromatic heterocycles. The van der Waals surface area contributed by atoms with Gasteiger partial charge < -0.3 is 15.0 Å². The number of carbonyl (C=O) groups excluding carboxylic acids is 2. The first-order chi connectivity index (χ1) is 9.56. The van der Waals surface area contributed by atoms with Gasteiger partial charge in [0.15, 0.2) is 0 Å². The molecule has 1 unspecified atom stereocenters. The summed E-state index contributed by atoms with van der Waals surface area (Å²) < 4.78 is 5.43. The summed E-state index contributed by atoms with van der Waals surface area (Å²) in [5.74, 6) is 0.174. The molecule has 2 fully saturated rings. The van der Waals surface area contributed by atoms with E-state index in [0.717, 1.165) is 25.9 Å². The van der Waals surface area contributed by atoms with E-state index >= 15 is 0 Å². The maximum absolute atomic E-state index is 12.2. The molecule has 2 rings (SSSR count). The number of hydrogen-bond acceptors (Lipinski definition) is 4. The number of nitrogens with zero attached hydrogens (tertiary/aromatic N) is 2. The monoisotopic (exact) mass is 283 g/mol. The van der Waals surface area contributed by atoms with Crippen molar-refractivity contribution in [1.29, 1.82) is 0 Å². The minimum atomic E-state index is -0.231. The maximum Gasteiger partial charge on any atom is 0.251 e. The summed E-state index contributed by atoms with van der Waals surface area (Å²) in [7, 11) is 0. The van der Waals surface area contributed by atoms with Gasteiger partial charge in [0, 0.05) is 38.8 Å². The van der Waals surface area contributed by atoms with Crippen molar-refractivity contribution >= 4 is 11.8 Å². The fourth-order valence-corrected chi connectivity index (χ4v) is 2.67. The Bertz CT molecular complexity index is 346. The van der Waals surface area contributed by atoms with Gasteiger partial charge in [0.2, 0.25) is 5.91 Å². The van der Waals surface area contributed by atoms with Crippen molar-refractivity contribution in [3.63, 3.8) is 0 Å². The van der Waals surface area contributed by atoms with E-state index in [0.29, 0.717) is 26.2 Å². The first-order valence-electron chi connectivity index (χ1n) is 7.48. The van der Waals surface area contributed by atoms with Crippen molar-refractivity contribution in [2.24, 2.45) is 0 Å². The zero-order chi connectivity index (χ0) is 14.5. The van der Waals surface area contributed by atoms with Crippen LogP contribution >= 0.6 is 0 Å². The molecule has 2 heterocycles. The van der Waals surface area contributed by atoms with Gasteiger partial charge in [-0.25, -0.2) is 0 Å². The summed E-state index contributed by atoms with van der Waals surface area (Å²) in [5, 5.41) is 2.89. The summed E-state index contributed by atoms with van der Waals surface area (Å²) in [6, 6.07) is 0.171. The van der Waals surface area contributed by atoms with Crippen LogP contribution in [-0.2, 0) is 14.3 Å². The molecule has 114 valence electrons. The van der Waals surface area contributed by atoms with Crippen LogP contribution in [0.4, 0.5) is 0 Å². The molecular formula is C14H25N3O3. The molecule has 0 aliphatic carbocycles. The molecule has 2 amide bonds. The van der Waals surface area contributed by atoms with E-state index in [4.69, 9.17) is 4.74 Å². The lowest BCUT2D eigenvalue weighted by atomic mass is 10.2. The van der Waals surface area contributed by atoms with Crippen LogP contribution in [0.5, 0.6) is 0 Å². The number of nitrogens with one attached hydrogen (secondary N) is 1. The van der Waals surface area contributed by atoms with Gasteiger partial charge in [0.25, 0.3) is 5.91 Å². The van der Waals surface area contributed by atoms with Crippen LogP contribution in [0.3, 0.4) is 0 Å². The predicted molar refractivity (Wildman–Crippen MR) is 75.3 cm³/mol. The lowest BCUT2D eigenvalue weighted by Gasteiger charge is -2.35. The van der Waals surface area contributed by atoms with Gasteiger partial charge in [-0.05, 0) is 26.7 Å². The molecule has 0 bridgehead atoms. The van der Waals surface area contributed by atoms with E-state index in [-0.39, 0.29) is 24.0 Å². The second kappa shape index (κ2) is 7.04. The fourth-order valence-electron chi connectivity index (χ4n) is 2.67. The second-order valence-electron chi connectivity index (χ2n) is 5.83. The summed E-state index contributed by atoms with van der Waals surface area (Å²) in [5.41, 5.74) is 0. The minimum Gasteiger partial charge on any atom is -0.368 e. The van der Waals surface area contributed by atoms with Crippen molar-refractivity contribution < 1.29 is 14.3 Å². The molecule has 0 aromatic rings. The third-order valence-electron chi connectivity index (χ3n) is 3.71. The predicted octanol–water partition coefficient (Wildman–Crippen LogP) is -0.166. The Kier molecular flexibility index (Phi) is 5.37. The van der Waals surface area contributed by atoms with E-state index in [2.05, 4.69) is 10.2 Å². The van der Waals surface area contributed by atoms with Crippen molar-refractivity contribution in [3.8, 4) is 0 Å². The van der Waals surface area contributed by atoms with Gasteiger partial charge >= 0.3 is 0 Å². The Labute approximate surface area is 120 Å². The highest BCUT2D eigenvalue weighted by Gasteiger charge is 2.30. The zero-order valence-corrected chi connectivity index (χ0v) is 12.4. The molecule has 2 aliphatic heterocycles. The molecule has 0 aromatic carbocycles. The van der Waals surface area contributed by atoms with E-state index in [1.807, 2.05) is 18.7 Å². The summed E-state index contributed by atoms with van der Waals surface area (Å²) in [4.78, 5) is 27.8. The molecule has 2 aliphatic rings. The van der Waals surface area contributed by atoms with E-state index in [1.54, 1.807) is 0 Å². The van der Waals surface area contributed by atoms with Crippen LogP contribution in [0, 0.1) is 0 Å². The van der Waals surface area contributed by atoms with Crippen LogP contribution in [0.25, 0.3) is 0 Å². The molecule has 2 saturated heterocycles. The van der Waals surface area contributed by atoms with Gasteiger partial charge in [-0.3, -0.25) is 14.5 Å². The lowest BCUT2D eigenvalue weighted by molar-refractivity contribution is -0.142. The average molecular weight is 283 g/mol. The lowest BCUT2D eigenvalue weighted by Crippen LogP contribution is -2.53. The topological polar surface area (TPSA) is 61.9 Å². The SMILES string of the molecule is CC(C)NC(=O)CN1CCN(C(=O)C2CCCO2)CC1. The second-order valence-corrected chi connectivity index (χ2v) is 5.83. The Morgan fingerprint density at radius 2 is 1.95 bits per heavy atom. The Hall–Kier alpha value is -1.14. The average Bonchev–Trinajstić information content (AvgIpc) is 2.91. The highest BCUT2D eigenvalue weighted by Crippen LogP contribution is 2.15. The van der Waals surface area contributed by atoms with Crippen LogP contribution in [0.2, 0.25) is 0 Å². The number of carbonyl (C=O) groups is 2. The van der Waals surface area contributed by atoms with Crippen molar-refractivity contribution in [2.45, 2.75) is 38.8 Å². The van der Waals surface area contributed by atoms with Crippen molar-refractivity contribution in [3.05, 3.63) is 0 Å². The molecule has 1 N–H and O–H groups in total. The van der Waals surface area contributed by atoms with Gasteiger partial charge in [-0.1, -0.05) is 0 Å². The molecule has 1 atom stereocenters. The van der Waals surface area contributed by atoms with Crippen LogP contribution in [0.1, 0.15) is 26.7 Å². The summed E-state index contributed by atoms with van der Waals surface area (Å²) in [6.07, 6.45) is 1.59. The first kappa shape index (κ1) is 15.3. The zero-order valence-electron chi connectivity index (χ0n) is 12.4. The number of ether oxygens (including phenoxy) is 1. The van der Waals surface area contributed by atoms with Crippen molar-refractivity contribution in [1.82, 2.24) is 15.1 Å². The Morgan fingerprint density at radius 3 is 2.50 bits per heavy atom. The normalized spacial score (nSPS) is 24.1. The number of rotatable bonds is 4. The third-order valence-corrected chi connectivity index (χ3v) is 3.71. The van der Waals surface area contributed by atoms with E-state index < -0.39 is 0 Å². The number of piperazine rings is 1. The third kappa shape index (κ3) is 4.18. The number of hydrogen-bond donors (Lipinski definition) is 1. The van der Waals surface area contributed by atoms with Gasteiger partial charge in [0.05, 0.1) is 6.54 Å². The van der Waals surface area contributed by atoms with E-state index in [9.17, 15) is 9.59 Å². The van der Waals surface area contributed by atoms with Gasteiger partial charge in [-0.2, -0.15) is 0 Å². The van der Waals surface area contributed by atoms with Crippen LogP contribution in [-0.4, -0.2) is 73.1 Å². The Balaban J connectivity index is 1.72. The maximum atomic E-state index is 12.2.